The smallest absolute Gasteiger partial charge is 0.252 e. The van der Waals surface area contributed by atoms with Gasteiger partial charge in [0.1, 0.15) is 5.75 Å². The zero-order chi connectivity index (χ0) is 19.9. The predicted molar refractivity (Wildman–Crippen MR) is 113 cm³/mol. The van der Waals surface area contributed by atoms with Gasteiger partial charge in [-0.15, -0.1) is 0 Å². The normalized spacial score (nSPS) is 10.7. The van der Waals surface area contributed by atoms with E-state index in [1.165, 1.54) is 17.3 Å². The van der Waals surface area contributed by atoms with Gasteiger partial charge in [0.15, 0.2) is 5.03 Å². The fraction of sp³-hybridized carbons (Fsp3) is 0.227. The summed E-state index contributed by atoms with van der Waals surface area (Å²) in [6, 6.07) is 15.6. The van der Waals surface area contributed by atoms with Crippen molar-refractivity contribution in [3.05, 3.63) is 72.1 Å². The van der Waals surface area contributed by atoms with Gasteiger partial charge in [0.25, 0.3) is 5.88 Å². The maximum absolute atomic E-state index is 12.4. The van der Waals surface area contributed by atoms with Crippen molar-refractivity contribution in [1.29, 1.82) is 0 Å². The second-order valence-electron chi connectivity index (χ2n) is 6.65. The summed E-state index contributed by atoms with van der Waals surface area (Å²) in [6.07, 6.45) is 3.17. The van der Waals surface area contributed by atoms with Crippen molar-refractivity contribution in [2.75, 3.05) is 11.1 Å². The van der Waals surface area contributed by atoms with Crippen LogP contribution in [0.5, 0.6) is 11.6 Å². The van der Waals surface area contributed by atoms with Crippen LogP contribution in [0.25, 0.3) is 0 Å². The molecule has 0 saturated carbocycles. The van der Waals surface area contributed by atoms with Gasteiger partial charge in [-0.05, 0) is 42.2 Å². The SMILES string of the molecule is Cc1ccccc1Oc1nccnc1SCC(=O)Nc1cccc(C(C)C)c1. The molecule has 0 spiro atoms. The minimum absolute atomic E-state index is 0.0987. The summed E-state index contributed by atoms with van der Waals surface area (Å²) in [5.74, 6) is 1.65. The molecular formula is C22H23N3O2S. The summed E-state index contributed by atoms with van der Waals surface area (Å²) in [5, 5.41) is 3.52. The molecule has 3 aromatic rings. The molecule has 144 valence electrons. The molecule has 6 heteroatoms. The molecule has 0 saturated heterocycles. The maximum atomic E-state index is 12.4. The van der Waals surface area contributed by atoms with Crippen molar-refractivity contribution in [3.8, 4) is 11.6 Å². The number of benzene rings is 2. The van der Waals surface area contributed by atoms with Gasteiger partial charge in [0.2, 0.25) is 5.91 Å². The monoisotopic (exact) mass is 393 g/mol. The highest BCUT2D eigenvalue weighted by Crippen LogP contribution is 2.30. The minimum Gasteiger partial charge on any atom is -0.436 e. The second kappa shape index (κ2) is 9.37. The number of nitrogens with zero attached hydrogens (tertiary/aromatic N) is 2. The highest BCUT2D eigenvalue weighted by atomic mass is 32.2. The molecule has 0 aliphatic heterocycles. The Morgan fingerprint density at radius 1 is 1.11 bits per heavy atom. The fourth-order valence-corrected chi connectivity index (χ4v) is 3.26. The Labute approximate surface area is 169 Å². The molecule has 0 unspecified atom stereocenters. The third-order valence-corrected chi connectivity index (χ3v) is 5.07. The van der Waals surface area contributed by atoms with Crippen molar-refractivity contribution in [2.45, 2.75) is 31.7 Å². The summed E-state index contributed by atoms with van der Waals surface area (Å²) in [6.45, 7) is 6.22. The minimum atomic E-state index is -0.0987. The number of hydrogen-bond donors (Lipinski definition) is 1. The maximum Gasteiger partial charge on any atom is 0.252 e. The van der Waals surface area contributed by atoms with Gasteiger partial charge in [-0.3, -0.25) is 4.79 Å². The summed E-state index contributed by atoms with van der Waals surface area (Å²) in [7, 11) is 0. The molecule has 2 aromatic carbocycles. The standard InChI is InChI=1S/C22H23N3O2S/c1-15(2)17-8-6-9-18(13-17)25-20(26)14-28-22-21(23-11-12-24-22)27-19-10-5-4-7-16(19)3/h4-13,15H,14H2,1-3H3,(H,25,26). The van der Waals surface area contributed by atoms with Gasteiger partial charge in [-0.2, -0.15) is 0 Å². The van der Waals surface area contributed by atoms with Crippen molar-refractivity contribution in [1.82, 2.24) is 9.97 Å². The number of nitrogens with one attached hydrogen (secondary N) is 1. The average Bonchev–Trinajstić information content (AvgIpc) is 2.69. The third kappa shape index (κ3) is 5.33. The topological polar surface area (TPSA) is 64.1 Å². The zero-order valence-electron chi connectivity index (χ0n) is 16.2. The lowest BCUT2D eigenvalue weighted by molar-refractivity contribution is -0.113. The Morgan fingerprint density at radius 2 is 1.89 bits per heavy atom. The first-order valence-electron chi connectivity index (χ1n) is 9.10. The largest absolute Gasteiger partial charge is 0.436 e. The molecule has 1 heterocycles. The molecule has 1 N–H and O–H groups in total. The van der Waals surface area contributed by atoms with Crippen molar-refractivity contribution in [3.63, 3.8) is 0 Å². The van der Waals surface area contributed by atoms with E-state index in [0.29, 0.717) is 16.8 Å². The average molecular weight is 394 g/mol. The number of anilines is 1. The van der Waals surface area contributed by atoms with Crippen LogP contribution in [-0.2, 0) is 4.79 Å². The van der Waals surface area contributed by atoms with E-state index in [2.05, 4.69) is 35.2 Å². The molecule has 0 aliphatic carbocycles. The van der Waals surface area contributed by atoms with E-state index < -0.39 is 0 Å². The van der Waals surface area contributed by atoms with Crippen LogP contribution < -0.4 is 10.1 Å². The van der Waals surface area contributed by atoms with E-state index in [1.807, 2.05) is 49.4 Å². The number of amides is 1. The lowest BCUT2D eigenvalue weighted by Crippen LogP contribution is -2.14. The van der Waals surface area contributed by atoms with Crippen LogP contribution in [0.2, 0.25) is 0 Å². The first-order chi connectivity index (χ1) is 13.5. The number of carbonyl (C=O) groups excluding carboxylic acids is 1. The van der Waals surface area contributed by atoms with E-state index >= 15 is 0 Å². The van der Waals surface area contributed by atoms with Gasteiger partial charge in [-0.25, -0.2) is 9.97 Å². The van der Waals surface area contributed by atoms with Crippen LogP contribution in [0, 0.1) is 6.92 Å². The van der Waals surface area contributed by atoms with Crippen molar-refractivity contribution in [2.24, 2.45) is 0 Å². The van der Waals surface area contributed by atoms with Crippen LogP contribution in [0.1, 0.15) is 30.9 Å². The molecule has 1 amide bonds. The van der Waals surface area contributed by atoms with Crippen molar-refractivity contribution >= 4 is 23.4 Å². The van der Waals surface area contributed by atoms with Gasteiger partial charge in [-0.1, -0.05) is 55.9 Å². The molecule has 0 bridgehead atoms. The van der Waals surface area contributed by atoms with Gasteiger partial charge >= 0.3 is 0 Å². The quantitative estimate of drug-likeness (QED) is 0.542. The predicted octanol–water partition coefficient (Wildman–Crippen LogP) is 5.43. The summed E-state index contributed by atoms with van der Waals surface area (Å²) in [5.41, 5.74) is 2.99. The van der Waals surface area contributed by atoms with Crippen molar-refractivity contribution < 1.29 is 9.53 Å². The molecule has 0 atom stereocenters. The number of rotatable bonds is 7. The molecular weight excluding hydrogens is 370 g/mol. The molecule has 5 nitrogen and oxygen atoms in total. The molecule has 0 aliphatic rings. The molecule has 3 rings (SSSR count). The summed E-state index contributed by atoms with van der Waals surface area (Å²) >= 11 is 1.30. The third-order valence-electron chi connectivity index (χ3n) is 4.11. The highest BCUT2D eigenvalue weighted by molar-refractivity contribution is 8.00. The number of para-hydroxylation sites is 1. The summed E-state index contributed by atoms with van der Waals surface area (Å²) < 4.78 is 5.91. The first-order valence-corrected chi connectivity index (χ1v) is 10.1. The Hall–Kier alpha value is -2.86. The molecule has 1 aromatic heterocycles. The highest BCUT2D eigenvalue weighted by Gasteiger charge is 2.12. The van der Waals surface area contributed by atoms with E-state index in [9.17, 15) is 4.79 Å². The van der Waals surface area contributed by atoms with Crippen LogP contribution in [0.3, 0.4) is 0 Å². The molecule has 0 fully saturated rings. The number of ether oxygens (including phenoxy) is 1. The number of carbonyl (C=O) groups is 1. The van der Waals surface area contributed by atoms with E-state index in [4.69, 9.17) is 4.74 Å². The van der Waals surface area contributed by atoms with E-state index in [1.54, 1.807) is 12.4 Å². The number of thioether (sulfide) groups is 1. The lowest BCUT2D eigenvalue weighted by Gasteiger charge is -2.11. The van der Waals surface area contributed by atoms with Crippen LogP contribution in [-0.4, -0.2) is 21.6 Å². The zero-order valence-corrected chi connectivity index (χ0v) is 17.0. The van der Waals surface area contributed by atoms with Crippen LogP contribution in [0.15, 0.2) is 66.0 Å². The molecule has 28 heavy (non-hydrogen) atoms. The number of aryl methyl sites for hydroxylation is 1. The number of aromatic nitrogens is 2. The fourth-order valence-electron chi connectivity index (χ4n) is 2.56. The van der Waals surface area contributed by atoms with Crippen LogP contribution >= 0.6 is 11.8 Å². The second-order valence-corrected chi connectivity index (χ2v) is 7.62. The molecule has 0 radical (unpaired) electrons. The Kier molecular flexibility index (Phi) is 6.66. The Bertz CT molecular complexity index is 960. The van der Waals surface area contributed by atoms with Crippen LogP contribution in [0.4, 0.5) is 5.69 Å². The van der Waals surface area contributed by atoms with Gasteiger partial charge in [0.05, 0.1) is 5.75 Å². The summed E-state index contributed by atoms with van der Waals surface area (Å²) in [4.78, 5) is 21.0. The Balaban J connectivity index is 1.64. The first kappa shape index (κ1) is 19.9. The number of hydrogen-bond acceptors (Lipinski definition) is 5. The van der Waals surface area contributed by atoms with Gasteiger partial charge < -0.3 is 10.1 Å². The van der Waals surface area contributed by atoms with Gasteiger partial charge in [0, 0.05) is 18.1 Å². The van der Waals surface area contributed by atoms with E-state index in [0.717, 1.165) is 17.0 Å². The lowest BCUT2D eigenvalue weighted by atomic mass is 10.0. The Morgan fingerprint density at radius 3 is 2.68 bits per heavy atom. The van der Waals surface area contributed by atoms with E-state index in [-0.39, 0.29) is 11.7 Å².